The van der Waals surface area contributed by atoms with Crippen molar-refractivity contribution in [1.29, 1.82) is 0 Å². The van der Waals surface area contributed by atoms with Crippen LogP contribution in [0.25, 0.3) is 0 Å². The highest BCUT2D eigenvalue weighted by molar-refractivity contribution is 9.10. The molecule has 0 aliphatic rings. The minimum atomic E-state index is -3.93. The summed E-state index contributed by atoms with van der Waals surface area (Å²) in [7, 11) is -3.93. The SMILES string of the molecule is CCCNC(=O)[C@@H](Cc1ccccc1)N(Cc1cccc(Br)c1)C(=O)CN(c1ccc(Cl)cc1Cl)S(C)(=O)=O. The molecule has 0 bridgehead atoms. The van der Waals surface area contributed by atoms with E-state index >= 15 is 0 Å². The van der Waals surface area contributed by atoms with E-state index in [-0.39, 0.29) is 29.6 Å². The quantitative estimate of drug-likeness (QED) is 0.272. The molecule has 208 valence electrons. The molecule has 3 aromatic rings. The van der Waals surface area contributed by atoms with Crippen LogP contribution < -0.4 is 9.62 Å². The molecule has 39 heavy (non-hydrogen) atoms. The van der Waals surface area contributed by atoms with Gasteiger partial charge in [-0.05, 0) is 47.9 Å². The molecule has 0 aromatic heterocycles. The van der Waals surface area contributed by atoms with Crippen molar-refractivity contribution >= 4 is 66.7 Å². The van der Waals surface area contributed by atoms with Gasteiger partial charge in [0.2, 0.25) is 21.8 Å². The summed E-state index contributed by atoms with van der Waals surface area (Å²) in [5.41, 5.74) is 1.76. The topological polar surface area (TPSA) is 86.8 Å². The Labute approximate surface area is 248 Å². The van der Waals surface area contributed by atoms with Crippen molar-refractivity contribution in [1.82, 2.24) is 10.2 Å². The number of anilines is 1. The zero-order valence-electron chi connectivity index (χ0n) is 21.6. The molecule has 2 amide bonds. The monoisotopic (exact) mass is 653 g/mol. The summed E-state index contributed by atoms with van der Waals surface area (Å²) in [6.45, 7) is 1.91. The third kappa shape index (κ3) is 8.96. The van der Waals surface area contributed by atoms with E-state index in [1.807, 2.05) is 61.5 Å². The highest BCUT2D eigenvalue weighted by Gasteiger charge is 2.33. The molecule has 7 nitrogen and oxygen atoms in total. The summed E-state index contributed by atoms with van der Waals surface area (Å²) in [5, 5.41) is 3.32. The van der Waals surface area contributed by atoms with Gasteiger partial charge in [-0.1, -0.05) is 88.5 Å². The molecule has 0 saturated heterocycles. The molecule has 11 heteroatoms. The van der Waals surface area contributed by atoms with Gasteiger partial charge < -0.3 is 10.2 Å². The first kappa shape index (κ1) is 30.9. The van der Waals surface area contributed by atoms with E-state index in [1.54, 1.807) is 0 Å². The Balaban J connectivity index is 2.06. The molecule has 0 radical (unpaired) electrons. The first-order chi connectivity index (χ1) is 18.5. The van der Waals surface area contributed by atoms with E-state index in [1.165, 1.54) is 23.1 Å². The second kappa shape index (κ2) is 14.2. The Morgan fingerprint density at radius 2 is 1.67 bits per heavy atom. The predicted molar refractivity (Wildman–Crippen MR) is 161 cm³/mol. The molecular formula is C28H30BrCl2N3O4S. The van der Waals surface area contributed by atoms with Crippen LogP contribution in [0.2, 0.25) is 10.0 Å². The molecule has 0 heterocycles. The summed E-state index contributed by atoms with van der Waals surface area (Å²) in [4.78, 5) is 28.9. The Morgan fingerprint density at radius 1 is 0.974 bits per heavy atom. The molecule has 0 saturated carbocycles. The van der Waals surface area contributed by atoms with E-state index in [0.29, 0.717) is 11.6 Å². The Kier molecular flexibility index (Phi) is 11.2. The highest BCUT2D eigenvalue weighted by atomic mass is 79.9. The molecule has 0 unspecified atom stereocenters. The lowest BCUT2D eigenvalue weighted by Gasteiger charge is -2.33. The lowest BCUT2D eigenvalue weighted by molar-refractivity contribution is -0.140. The van der Waals surface area contributed by atoms with Crippen molar-refractivity contribution in [3.05, 3.63) is 98.4 Å². The minimum Gasteiger partial charge on any atom is -0.354 e. The van der Waals surface area contributed by atoms with Crippen LogP contribution in [0.3, 0.4) is 0 Å². The average Bonchev–Trinajstić information content (AvgIpc) is 2.88. The Morgan fingerprint density at radius 3 is 2.28 bits per heavy atom. The number of hydrogen-bond acceptors (Lipinski definition) is 4. The second-order valence-electron chi connectivity index (χ2n) is 9.01. The maximum absolute atomic E-state index is 14.0. The van der Waals surface area contributed by atoms with Gasteiger partial charge >= 0.3 is 0 Å². The normalized spacial score (nSPS) is 12.0. The van der Waals surface area contributed by atoms with E-state index in [0.717, 1.165) is 32.6 Å². The van der Waals surface area contributed by atoms with Crippen molar-refractivity contribution in [3.8, 4) is 0 Å². The zero-order chi connectivity index (χ0) is 28.6. The fraction of sp³-hybridized carbons (Fsp3) is 0.286. The van der Waals surface area contributed by atoms with Crippen LogP contribution in [-0.2, 0) is 32.6 Å². The van der Waals surface area contributed by atoms with Gasteiger partial charge in [0.25, 0.3) is 0 Å². The van der Waals surface area contributed by atoms with E-state index in [2.05, 4.69) is 21.2 Å². The number of carbonyl (C=O) groups excluding carboxylic acids is 2. The number of carbonyl (C=O) groups is 2. The molecule has 0 aliphatic heterocycles. The lowest BCUT2D eigenvalue weighted by atomic mass is 10.0. The van der Waals surface area contributed by atoms with Gasteiger partial charge in [0.15, 0.2) is 0 Å². The highest BCUT2D eigenvalue weighted by Crippen LogP contribution is 2.30. The third-order valence-electron chi connectivity index (χ3n) is 5.92. The number of sulfonamides is 1. The van der Waals surface area contributed by atoms with Crippen LogP contribution in [0.4, 0.5) is 5.69 Å². The van der Waals surface area contributed by atoms with E-state index < -0.39 is 28.5 Å². The van der Waals surface area contributed by atoms with Gasteiger partial charge in [-0.25, -0.2) is 8.42 Å². The summed E-state index contributed by atoms with van der Waals surface area (Å²) < 4.78 is 27.4. The molecule has 0 spiro atoms. The number of amides is 2. The van der Waals surface area contributed by atoms with Gasteiger partial charge in [-0.2, -0.15) is 0 Å². The van der Waals surface area contributed by atoms with Gasteiger partial charge in [0.1, 0.15) is 12.6 Å². The van der Waals surface area contributed by atoms with E-state index in [9.17, 15) is 18.0 Å². The number of hydrogen-bond donors (Lipinski definition) is 1. The predicted octanol–water partition coefficient (Wildman–Crippen LogP) is 5.69. The number of rotatable bonds is 12. The summed E-state index contributed by atoms with van der Waals surface area (Å²) in [6.07, 6.45) is 1.97. The van der Waals surface area contributed by atoms with Gasteiger partial charge in [-0.3, -0.25) is 13.9 Å². The molecule has 3 aromatic carbocycles. The zero-order valence-corrected chi connectivity index (χ0v) is 25.5. The molecular weight excluding hydrogens is 625 g/mol. The van der Waals surface area contributed by atoms with Crippen LogP contribution in [-0.4, -0.2) is 50.5 Å². The van der Waals surface area contributed by atoms with Crippen molar-refractivity contribution < 1.29 is 18.0 Å². The maximum atomic E-state index is 14.0. The summed E-state index contributed by atoms with van der Waals surface area (Å²) in [6, 6.07) is 20.2. The maximum Gasteiger partial charge on any atom is 0.244 e. The first-order valence-electron chi connectivity index (χ1n) is 12.3. The van der Waals surface area contributed by atoms with Gasteiger partial charge in [-0.15, -0.1) is 0 Å². The average molecular weight is 655 g/mol. The lowest BCUT2D eigenvalue weighted by Crippen LogP contribution is -2.53. The van der Waals surface area contributed by atoms with Gasteiger partial charge in [0, 0.05) is 29.0 Å². The smallest absolute Gasteiger partial charge is 0.244 e. The number of nitrogens with zero attached hydrogens (tertiary/aromatic N) is 2. The van der Waals surface area contributed by atoms with Crippen LogP contribution in [0.15, 0.2) is 77.3 Å². The van der Waals surface area contributed by atoms with Gasteiger partial charge in [0.05, 0.1) is 17.0 Å². The standard InChI is InChI=1S/C28H30BrCl2N3O4S/c1-3-14-32-28(36)26(16-20-8-5-4-6-9-20)33(18-21-10-7-11-22(29)15-21)27(35)19-34(39(2,37)38)25-13-12-23(30)17-24(25)31/h4-13,15,17,26H,3,14,16,18-19H2,1-2H3,(H,32,36)/t26-/m1/s1. The molecule has 1 N–H and O–H groups in total. The Hall–Kier alpha value is -2.59. The largest absolute Gasteiger partial charge is 0.354 e. The van der Waals surface area contributed by atoms with Crippen LogP contribution in [0, 0.1) is 0 Å². The summed E-state index contributed by atoms with van der Waals surface area (Å²) in [5.74, 6) is -0.876. The Bertz CT molecular complexity index is 1410. The van der Waals surface area contributed by atoms with Crippen LogP contribution in [0.1, 0.15) is 24.5 Å². The first-order valence-corrected chi connectivity index (χ1v) is 15.7. The van der Waals surface area contributed by atoms with Crippen molar-refractivity contribution in [3.63, 3.8) is 0 Å². The number of benzene rings is 3. The fourth-order valence-electron chi connectivity index (χ4n) is 4.03. The number of nitrogens with one attached hydrogen (secondary N) is 1. The third-order valence-corrected chi connectivity index (χ3v) is 8.08. The van der Waals surface area contributed by atoms with E-state index in [4.69, 9.17) is 23.2 Å². The fourth-order valence-corrected chi connectivity index (χ4v) is 5.90. The van der Waals surface area contributed by atoms with Crippen molar-refractivity contribution in [2.45, 2.75) is 32.4 Å². The minimum absolute atomic E-state index is 0.0841. The molecule has 1 atom stereocenters. The van der Waals surface area contributed by atoms with Crippen molar-refractivity contribution in [2.24, 2.45) is 0 Å². The number of halogens is 3. The molecule has 0 fully saturated rings. The van der Waals surface area contributed by atoms with Crippen LogP contribution in [0.5, 0.6) is 0 Å². The molecule has 3 rings (SSSR count). The van der Waals surface area contributed by atoms with Crippen LogP contribution >= 0.6 is 39.1 Å². The second-order valence-corrected chi connectivity index (χ2v) is 12.7. The van der Waals surface area contributed by atoms with Crippen molar-refractivity contribution in [2.75, 3.05) is 23.7 Å². The molecule has 0 aliphatic carbocycles. The summed E-state index contributed by atoms with van der Waals surface area (Å²) >= 11 is 15.8.